The molecule has 4 atom stereocenters. The molecule has 2 saturated carbocycles. The maximum absolute atomic E-state index is 6.34. The molecule has 0 aliphatic heterocycles. The Morgan fingerprint density at radius 3 is 2.55 bits per heavy atom. The molecule has 0 heterocycles. The van der Waals surface area contributed by atoms with Crippen LogP contribution in [0.25, 0.3) is 0 Å². The zero-order valence-corrected chi connectivity index (χ0v) is 12.8. The summed E-state index contributed by atoms with van der Waals surface area (Å²) in [6, 6.07) is 10.7. The van der Waals surface area contributed by atoms with E-state index in [0.29, 0.717) is 12.2 Å². The number of ether oxygens (including phenoxy) is 1. The fraction of sp³-hybridized carbons (Fsp3) is 0.684. The van der Waals surface area contributed by atoms with E-state index in [4.69, 9.17) is 4.74 Å². The topological polar surface area (TPSA) is 9.23 Å². The Labute approximate surface area is 123 Å². The third kappa shape index (κ3) is 3.63. The van der Waals surface area contributed by atoms with Crippen LogP contribution in [-0.4, -0.2) is 12.2 Å². The molecule has 0 radical (unpaired) electrons. The summed E-state index contributed by atoms with van der Waals surface area (Å²) in [4.78, 5) is 0. The van der Waals surface area contributed by atoms with Crippen molar-refractivity contribution in [3.05, 3.63) is 35.9 Å². The van der Waals surface area contributed by atoms with E-state index >= 15 is 0 Å². The van der Waals surface area contributed by atoms with Gasteiger partial charge in [-0.2, -0.15) is 0 Å². The van der Waals surface area contributed by atoms with Crippen LogP contribution in [0.3, 0.4) is 0 Å². The summed E-state index contributed by atoms with van der Waals surface area (Å²) in [7, 11) is 0. The zero-order chi connectivity index (χ0) is 13.8. The van der Waals surface area contributed by atoms with Crippen molar-refractivity contribution in [2.24, 2.45) is 11.8 Å². The molecule has 1 heteroatoms. The second-order valence-electron chi connectivity index (χ2n) is 6.88. The molecule has 1 aromatic carbocycles. The average Bonchev–Trinajstić information content (AvgIpc) is 2.48. The zero-order valence-electron chi connectivity index (χ0n) is 12.8. The molecule has 0 amide bonds. The molecule has 110 valence electrons. The van der Waals surface area contributed by atoms with Gasteiger partial charge in [-0.05, 0) is 50.0 Å². The maximum Gasteiger partial charge on any atom is 0.0591 e. The van der Waals surface area contributed by atoms with Crippen LogP contribution in [-0.2, 0) is 11.2 Å². The lowest BCUT2D eigenvalue weighted by Gasteiger charge is -2.40. The third-order valence-electron chi connectivity index (χ3n) is 5.28. The lowest BCUT2D eigenvalue weighted by molar-refractivity contribution is -0.0492. The van der Waals surface area contributed by atoms with E-state index in [-0.39, 0.29) is 0 Å². The van der Waals surface area contributed by atoms with Crippen LogP contribution < -0.4 is 0 Å². The molecule has 0 spiro atoms. The van der Waals surface area contributed by atoms with Crippen molar-refractivity contribution in [1.29, 1.82) is 0 Å². The van der Waals surface area contributed by atoms with E-state index in [9.17, 15) is 0 Å². The Kier molecular flexibility index (Phi) is 4.77. The van der Waals surface area contributed by atoms with Crippen LogP contribution in [0.5, 0.6) is 0 Å². The maximum atomic E-state index is 6.34. The molecule has 4 unspecified atom stereocenters. The van der Waals surface area contributed by atoms with Gasteiger partial charge in [0, 0.05) is 0 Å². The predicted molar refractivity (Wildman–Crippen MR) is 83.8 cm³/mol. The van der Waals surface area contributed by atoms with E-state index in [1.165, 1.54) is 50.5 Å². The van der Waals surface area contributed by atoms with Crippen LogP contribution in [0.2, 0.25) is 0 Å². The summed E-state index contributed by atoms with van der Waals surface area (Å²) in [5.41, 5.74) is 1.39. The van der Waals surface area contributed by atoms with Crippen molar-refractivity contribution in [3.8, 4) is 0 Å². The first kappa shape index (κ1) is 14.1. The minimum absolute atomic E-state index is 0.350. The van der Waals surface area contributed by atoms with Crippen LogP contribution in [0.15, 0.2) is 30.3 Å². The van der Waals surface area contributed by atoms with Crippen molar-refractivity contribution in [1.82, 2.24) is 0 Å². The third-order valence-corrected chi connectivity index (χ3v) is 5.28. The van der Waals surface area contributed by atoms with Gasteiger partial charge < -0.3 is 4.74 Å². The molecule has 20 heavy (non-hydrogen) atoms. The standard InChI is InChI=1S/C19H28O/c1-15(13-16-7-3-2-4-8-16)20-19-12-11-17-9-5-6-10-18(17)14-19/h2-4,7-8,15,17-19H,5-6,9-14H2,1H3. The molecule has 0 bridgehead atoms. The normalized spacial score (nSPS) is 31.6. The highest BCUT2D eigenvalue weighted by molar-refractivity contribution is 5.15. The van der Waals surface area contributed by atoms with Gasteiger partial charge in [0.2, 0.25) is 0 Å². The average molecular weight is 272 g/mol. The Hall–Kier alpha value is -0.820. The number of benzene rings is 1. The first-order valence-electron chi connectivity index (χ1n) is 8.50. The lowest BCUT2D eigenvalue weighted by Crippen LogP contribution is -2.33. The lowest BCUT2D eigenvalue weighted by atomic mass is 9.70. The molecular weight excluding hydrogens is 244 g/mol. The summed E-state index contributed by atoms with van der Waals surface area (Å²) in [5.74, 6) is 1.99. The first-order chi connectivity index (χ1) is 9.81. The molecule has 2 aliphatic rings. The van der Waals surface area contributed by atoms with Gasteiger partial charge in [-0.15, -0.1) is 0 Å². The van der Waals surface area contributed by atoms with E-state index in [1.54, 1.807) is 0 Å². The number of hydrogen-bond donors (Lipinski definition) is 0. The summed E-state index contributed by atoms with van der Waals surface area (Å²) in [6.45, 7) is 2.24. The van der Waals surface area contributed by atoms with Gasteiger partial charge in [0.15, 0.2) is 0 Å². The summed E-state index contributed by atoms with van der Waals surface area (Å²) in [5, 5.41) is 0. The predicted octanol–water partition coefficient (Wildman–Crippen LogP) is 4.99. The monoisotopic (exact) mass is 272 g/mol. The smallest absolute Gasteiger partial charge is 0.0591 e. The van der Waals surface area contributed by atoms with Gasteiger partial charge in [-0.1, -0.05) is 56.0 Å². The van der Waals surface area contributed by atoms with Crippen LogP contribution in [0.1, 0.15) is 57.4 Å². The van der Waals surface area contributed by atoms with Gasteiger partial charge in [-0.3, -0.25) is 0 Å². The van der Waals surface area contributed by atoms with Crippen LogP contribution in [0.4, 0.5) is 0 Å². The molecule has 2 fully saturated rings. The molecule has 0 aromatic heterocycles. The van der Waals surface area contributed by atoms with Gasteiger partial charge >= 0.3 is 0 Å². The molecule has 2 aliphatic carbocycles. The summed E-state index contributed by atoms with van der Waals surface area (Å²) >= 11 is 0. The highest BCUT2D eigenvalue weighted by atomic mass is 16.5. The summed E-state index contributed by atoms with van der Waals surface area (Å²) < 4.78 is 6.34. The minimum Gasteiger partial charge on any atom is -0.375 e. The molecule has 0 N–H and O–H groups in total. The summed E-state index contributed by atoms with van der Waals surface area (Å²) in [6.07, 6.45) is 11.8. The Balaban J connectivity index is 1.48. The number of rotatable bonds is 4. The van der Waals surface area contributed by atoms with Gasteiger partial charge in [0.1, 0.15) is 0 Å². The van der Waals surface area contributed by atoms with E-state index in [2.05, 4.69) is 37.3 Å². The first-order valence-corrected chi connectivity index (χ1v) is 8.50. The molecule has 3 rings (SSSR count). The highest BCUT2D eigenvalue weighted by Crippen LogP contribution is 2.41. The quantitative estimate of drug-likeness (QED) is 0.750. The minimum atomic E-state index is 0.350. The largest absolute Gasteiger partial charge is 0.375 e. The molecule has 1 aromatic rings. The van der Waals surface area contributed by atoms with Crippen LogP contribution in [0, 0.1) is 11.8 Å². The van der Waals surface area contributed by atoms with Gasteiger partial charge in [0.25, 0.3) is 0 Å². The molecular formula is C19H28O. The molecule has 1 nitrogen and oxygen atoms in total. The van der Waals surface area contributed by atoms with E-state index < -0.39 is 0 Å². The van der Waals surface area contributed by atoms with Gasteiger partial charge in [-0.25, -0.2) is 0 Å². The van der Waals surface area contributed by atoms with Crippen molar-refractivity contribution < 1.29 is 4.74 Å². The second-order valence-corrected chi connectivity index (χ2v) is 6.88. The van der Waals surface area contributed by atoms with Gasteiger partial charge in [0.05, 0.1) is 12.2 Å². The Morgan fingerprint density at radius 1 is 1.00 bits per heavy atom. The number of fused-ring (bicyclic) bond motifs is 1. The SMILES string of the molecule is CC(Cc1ccccc1)OC1CCC2CCCCC2C1. The van der Waals surface area contributed by atoms with Crippen LogP contribution >= 0.6 is 0 Å². The fourth-order valence-electron chi connectivity index (χ4n) is 4.28. The van der Waals surface area contributed by atoms with Crippen molar-refractivity contribution >= 4 is 0 Å². The van der Waals surface area contributed by atoms with E-state index in [0.717, 1.165) is 18.3 Å². The number of hydrogen-bond acceptors (Lipinski definition) is 1. The van der Waals surface area contributed by atoms with Crippen molar-refractivity contribution in [3.63, 3.8) is 0 Å². The Bertz CT molecular complexity index is 399. The fourth-order valence-corrected chi connectivity index (χ4v) is 4.28. The van der Waals surface area contributed by atoms with Crippen molar-refractivity contribution in [2.75, 3.05) is 0 Å². The van der Waals surface area contributed by atoms with E-state index in [1.807, 2.05) is 0 Å². The molecule has 0 saturated heterocycles. The second kappa shape index (κ2) is 6.76. The highest BCUT2D eigenvalue weighted by Gasteiger charge is 2.33. The van der Waals surface area contributed by atoms with Crippen molar-refractivity contribution in [2.45, 2.75) is 70.5 Å². The Morgan fingerprint density at radius 2 is 1.75 bits per heavy atom.